The Balaban J connectivity index is 1.65. The number of benzene rings is 1. The predicted octanol–water partition coefficient (Wildman–Crippen LogP) is 1.31. The third kappa shape index (κ3) is 2.96. The van der Waals surface area contributed by atoms with Gasteiger partial charge in [-0.25, -0.2) is 4.68 Å². The zero-order valence-corrected chi connectivity index (χ0v) is 12.8. The molecule has 1 atom stereocenters. The van der Waals surface area contributed by atoms with E-state index in [1.165, 1.54) is 5.56 Å². The number of amides is 1. The van der Waals surface area contributed by atoms with Crippen LogP contribution in [0.2, 0.25) is 0 Å². The molecule has 22 heavy (non-hydrogen) atoms. The van der Waals surface area contributed by atoms with Crippen molar-refractivity contribution in [2.24, 2.45) is 0 Å². The molecule has 1 aromatic carbocycles. The van der Waals surface area contributed by atoms with E-state index in [4.69, 9.17) is 4.74 Å². The summed E-state index contributed by atoms with van der Waals surface area (Å²) in [5.74, 6) is 0.491. The summed E-state index contributed by atoms with van der Waals surface area (Å²) in [7, 11) is 4.01. The van der Waals surface area contributed by atoms with Crippen molar-refractivity contribution in [2.45, 2.75) is 12.6 Å². The Bertz CT molecular complexity index is 630. The number of likely N-dealkylation sites (N-methyl/N-ethyl adjacent to an activating group) is 1. The zero-order valence-electron chi connectivity index (χ0n) is 12.8. The molecule has 2 aromatic rings. The van der Waals surface area contributed by atoms with Gasteiger partial charge in [0.05, 0.1) is 12.6 Å². The van der Waals surface area contributed by atoms with Crippen LogP contribution in [-0.4, -0.2) is 47.8 Å². The molecule has 0 aliphatic carbocycles. The smallest absolute Gasteiger partial charge is 0.271 e. The first-order chi connectivity index (χ1) is 10.6. The highest BCUT2D eigenvalue weighted by Crippen LogP contribution is 2.19. The van der Waals surface area contributed by atoms with E-state index in [0.29, 0.717) is 31.3 Å². The lowest BCUT2D eigenvalue weighted by atomic mass is 10.1. The van der Waals surface area contributed by atoms with Crippen molar-refractivity contribution in [1.29, 1.82) is 0 Å². The molecule has 0 radical (unpaired) electrons. The van der Waals surface area contributed by atoms with Crippen LogP contribution < -0.4 is 10.1 Å². The minimum absolute atomic E-state index is 0.121. The van der Waals surface area contributed by atoms with Crippen molar-refractivity contribution in [3.8, 4) is 5.88 Å². The molecule has 0 saturated carbocycles. The number of carbonyl (C=O) groups excluding carboxylic acids is 1. The van der Waals surface area contributed by atoms with E-state index in [1.54, 1.807) is 10.7 Å². The van der Waals surface area contributed by atoms with Gasteiger partial charge in [-0.05, 0) is 19.7 Å². The molecular formula is C16H20N4O2. The van der Waals surface area contributed by atoms with Crippen LogP contribution in [0, 0.1) is 0 Å². The molecule has 1 aliphatic heterocycles. The molecule has 6 heteroatoms. The van der Waals surface area contributed by atoms with Crippen LogP contribution in [0.4, 0.5) is 0 Å². The van der Waals surface area contributed by atoms with Crippen LogP contribution >= 0.6 is 0 Å². The molecule has 1 amide bonds. The second kappa shape index (κ2) is 6.19. The Morgan fingerprint density at radius 1 is 1.41 bits per heavy atom. The Morgan fingerprint density at radius 3 is 2.86 bits per heavy atom. The first-order valence-electron chi connectivity index (χ1n) is 7.35. The van der Waals surface area contributed by atoms with E-state index in [1.807, 2.05) is 32.3 Å². The molecule has 1 aromatic heterocycles. The van der Waals surface area contributed by atoms with Crippen molar-refractivity contribution in [1.82, 2.24) is 20.0 Å². The summed E-state index contributed by atoms with van der Waals surface area (Å²) in [6.07, 6.45) is 0. The van der Waals surface area contributed by atoms with E-state index >= 15 is 0 Å². The summed E-state index contributed by atoms with van der Waals surface area (Å²) in [6.45, 7) is 1.85. The number of rotatable bonds is 5. The predicted molar refractivity (Wildman–Crippen MR) is 82.9 cm³/mol. The highest BCUT2D eigenvalue weighted by molar-refractivity contribution is 5.92. The number of ether oxygens (including phenoxy) is 1. The molecule has 116 valence electrons. The van der Waals surface area contributed by atoms with Crippen LogP contribution in [0.3, 0.4) is 0 Å². The van der Waals surface area contributed by atoms with Crippen molar-refractivity contribution < 1.29 is 9.53 Å². The monoisotopic (exact) mass is 300 g/mol. The number of aromatic nitrogens is 2. The fourth-order valence-corrected chi connectivity index (χ4v) is 2.58. The second-order valence-electron chi connectivity index (χ2n) is 5.54. The molecule has 0 spiro atoms. The topological polar surface area (TPSA) is 59.4 Å². The van der Waals surface area contributed by atoms with Crippen LogP contribution in [-0.2, 0) is 6.54 Å². The summed E-state index contributed by atoms with van der Waals surface area (Å²) >= 11 is 0. The molecule has 0 fully saturated rings. The number of nitrogens with zero attached hydrogens (tertiary/aromatic N) is 3. The van der Waals surface area contributed by atoms with E-state index in [2.05, 4.69) is 27.4 Å². The Labute approximate surface area is 129 Å². The standard InChI is InChI=1S/C16H20N4O2/c1-19(2)14(12-6-4-3-5-7-12)11-17-16(21)13-10-15-20(18-13)8-9-22-15/h3-7,10,14H,8-9,11H2,1-2H3,(H,17,21). The van der Waals surface area contributed by atoms with Crippen molar-refractivity contribution >= 4 is 5.91 Å². The summed E-state index contributed by atoms with van der Waals surface area (Å²) < 4.78 is 7.09. The largest absolute Gasteiger partial charge is 0.476 e. The lowest BCUT2D eigenvalue weighted by Crippen LogP contribution is -2.34. The van der Waals surface area contributed by atoms with E-state index in [0.717, 1.165) is 0 Å². The minimum atomic E-state index is -0.173. The zero-order chi connectivity index (χ0) is 15.5. The maximum atomic E-state index is 12.2. The van der Waals surface area contributed by atoms with Crippen molar-refractivity contribution in [2.75, 3.05) is 27.2 Å². The van der Waals surface area contributed by atoms with Gasteiger partial charge in [-0.2, -0.15) is 5.10 Å². The third-order valence-electron chi connectivity index (χ3n) is 3.79. The fourth-order valence-electron chi connectivity index (χ4n) is 2.58. The fraction of sp³-hybridized carbons (Fsp3) is 0.375. The average molecular weight is 300 g/mol. The molecule has 0 bridgehead atoms. The molecule has 2 heterocycles. The highest BCUT2D eigenvalue weighted by atomic mass is 16.5. The number of hydrogen-bond acceptors (Lipinski definition) is 4. The number of hydrogen-bond donors (Lipinski definition) is 1. The quantitative estimate of drug-likeness (QED) is 0.904. The number of fused-ring (bicyclic) bond motifs is 1. The lowest BCUT2D eigenvalue weighted by molar-refractivity contribution is 0.0936. The van der Waals surface area contributed by atoms with Gasteiger partial charge in [-0.15, -0.1) is 0 Å². The first-order valence-corrected chi connectivity index (χ1v) is 7.35. The van der Waals surface area contributed by atoms with Gasteiger partial charge in [0.15, 0.2) is 5.69 Å². The maximum Gasteiger partial charge on any atom is 0.271 e. The third-order valence-corrected chi connectivity index (χ3v) is 3.79. The summed E-state index contributed by atoms with van der Waals surface area (Å²) in [4.78, 5) is 14.3. The van der Waals surface area contributed by atoms with Gasteiger partial charge in [-0.3, -0.25) is 4.79 Å². The molecule has 1 unspecified atom stereocenters. The van der Waals surface area contributed by atoms with Crippen LogP contribution in [0.25, 0.3) is 0 Å². The van der Waals surface area contributed by atoms with Gasteiger partial charge in [0.1, 0.15) is 6.61 Å². The maximum absolute atomic E-state index is 12.2. The SMILES string of the molecule is CN(C)C(CNC(=O)c1cc2n(n1)CCO2)c1ccccc1. The molecule has 3 rings (SSSR count). The Morgan fingerprint density at radius 2 is 2.18 bits per heavy atom. The van der Waals surface area contributed by atoms with Gasteiger partial charge in [0.2, 0.25) is 5.88 Å². The summed E-state index contributed by atoms with van der Waals surface area (Å²) in [5, 5.41) is 7.21. The average Bonchev–Trinajstić information content (AvgIpc) is 3.09. The molecule has 6 nitrogen and oxygen atoms in total. The highest BCUT2D eigenvalue weighted by Gasteiger charge is 2.20. The normalized spacial score (nSPS) is 14.5. The van der Waals surface area contributed by atoms with E-state index in [-0.39, 0.29) is 11.9 Å². The van der Waals surface area contributed by atoms with Gasteiger partial charge >= 0.3 is 0 Å². The minimum Gasteiger partial charge on any atom is -0.476 e. The van der Waals surface area contributed by atoms with Gasteiger partial charge in [-0.1, -0.05) is 30.3 Å². The van der Waals surface area contributed by atoms with Crippen LogP contribution in [0.15, 0.2) is 36.4 Å². The Hall–Kier alpha value is -2.34. The first kappa shape index (κ1) is 14.6. The van der Waals surface area contributed by atoms with Crippen molar-refractivity contribution in [3.05, 3.63) is 47.7 Å². The Kier molecular flexibility index (Phi) is 4.11. The van der Waals surface area contributed by atoms with Gasteiger partial charge < -0.3 is 15.0 Å². The molecule has 1 N–H and O–H groups in total. The van der Waals surface area contributed by atoms with Gasteiger partial charge in [0.25, 0.3) is 5.91 Å². The number of carbonyl (C=O) groups is 1. The van der Waals surface area contributed by atoms with E-state index in [9.17, 15) is 4.79 Å². The molecular weight excluding hydrogens is 280 g/mol. The van der Waals surface area contributed by atoms with Crippen molar-refractivity contribution in [3.63, 3.8) is 0 Å². The molecule has 0 saturated heterocycles. The second-order valence-corrected chi connectivity index (χ2v) is 5.54. The van der Waals surface area contributed by atoms with E-state index < -0.39 is 0 Å². The molecule has 1 aliphatic rings. The van der Waals surface area contributed by atoms with Crippen LogP contribution in [0.5, 0.6) is 5.88 Å². The summed E-state index contributed by atoms with van der Waals surface area (Å²) in [5.41, 5.74) is 1.57. The summed E-state index contributed by atoms with van der Waals surface area (Å²) in [6, 6.07) is 11.9. The van der Waals surface area contributed by atoms with Crippen LogP contribution in [0.1, 0.15) is 22.1 Å². The number of nitrogens with one attached hydrogen (secondary N) is 1. The lowest BCUT2D eigenvalue weighted by Gasteiger charge is -2.24. The van der Waals surface area contributed by atoms with Gasteiger partial charge in [0, 0.05) is 12.6 Å².